The summed E-state index contributed by atoms with van der Waals surface area (Å²) in [6, 6.07) is 2.93. The number of hydrogen-bond acceptors (Lipinski definition) is 6. The molecule has 0 aliphatic rings. The standard InChI is InChI=1S/C10H13N5O4S/c1-15(2)20(17,18)12-6-9-13-10(14-19-9)7-3-4-11-8(16)5-7/h3-5,12H,6H2,1-2H3,(H,11,16). The maximum Gasteiger partial charge on any atom is 0.279 e. The third-order valence-corrected chi connectivity index (χ3v) is 3.86. The molecule has 108 valence electrons. The van der Waals surface area contributed by atoms with E-state index in [9.17, 15) is 13.2 Å². The number of nitrogens with zero attached hydrogens (tertiary/aromatic N) is 3. The topological polar surface area (TPSA) is 121 Å². The van der Waals surface area contributed by atoms with Crippen molar-refractivity contribution >= 4 is 10.2 Å². The van der Waals surface area contributed by atoms with E-state index in [0.29, 0.717) is 5.56 Å². The second-order valence-corrected chi connectivity index (χ2v) is 6.03. The molecule has 0 amide bonds. The van der Waals surface area contributed by atoms with Gasteiger partial charge < -0.3 is 9.51 Å². The Morgan fingerprint density at radius 3 is 2.85 bits per heavy atom. The fourth-order valence-electron chi connectivity index (χ4n) is 1.31. The maximum atomic E-state index is 11.5. The van der Waals surface area contributed by atoms with E-state index >= 15 is 0 Å². The van der Waals surface area contributed by atoms with E-state index in [0.717, 1.165) is 4.31 Å². The Morgan fingerprint density at radius 1 is 1.45 bits per heavy atom. The first-order valence-corrected chi connectivity index (χ1v) is 7.01. The highest BCUT2D eigenvalue weighted by molar-refractivity contribution is 7.87. The van der Waals surface area contributed by atoms with Crippen LogP contribution in [-0.4, -0.2) is 41.9 Å². The third kappa shape index (κ3) is 3.29. The molecule has 0 atom stereocenters. The molecule has 2 N–H and O–H groups in total. The minimum Gasteiger partial charge on any atom is -0.338 e. The molecule has 0 spiro atoms. The Hall–Kier alpha value is -2.04. The molecule has 0 aliphatic carbocycles. The van der Waals surface area contributed by atoms with Crippen LogP contribution in [0.25, 0.3) is 11.4 Å². The number of H-pyrrole nitrogens is 1. The zero-order valence-corrected chi connectivity index (χ0v) is 11.6. The lowest BCUT2D eigenvalue weighted by Gasteiger charge is -2.10. The molecule has 0 saturated heterocycles. The van der Waals surface area contributed by atoms with Gasteiger partial charge in [0.05, 0.1) is 6.54 Å². The number of rotatable bonds is 5. The molecule has 0 saturated carbocycles. The van der Waals surface area contributed by atoms with Crippen molar-refractivity contribution in [2.24, 2.45) is 0 Å². The van der Waals surface area contributed by atoms with E-state index in [1.54, 1.807) is 6.07 Å². The monoisotopic (exact) mass is 299 g/mol. The average Bonchev–Trinajstić information content (AvgIpc) is 2.85. The molecular formula is C10H13N5O4S. The summed E-state index contributed by atoms with van der Waals surface area (Å²) >= 11 is 0. The van der Waals surface area contributed by atoms with Crippen molar-refractivity contribution in [3.05, 3.63) is 34.6 Å². The Bertz CT molecular complexity index is 749. The number of aromatic nitrogens is 3. The Labute approximate surface area is 114 Å². The molecule has 9 nitrogen and oxygen atoms in total. The van der Waals surface area contributed by atoms with Gasteiger partial charge in [-0.3, -0.25) is 4.79 Å². The molecule has 20 heavy (non-hydrogen) atoms. The fraction of sp³-hybridized carbons (Fsp3) is 0.300. The van der Waals surface area contributed by atoms with Crippen LogP contribution < -0.4 is 10.3 Å². The van der Waals surface area contributed by atoms with Crippen molar-refractivity contribution in [2.75, 3.05) is 14.1 Å². The molecule has 0 unspecified atom stereocenters. The molecule has 2 aromatic heterocycles. The summed E-state index contributed by atoms with van der Waals surface area (Å²) < 4.78 is 31.2. The van der Waals surface area contributed by atoms with Crippen molar-refractivity contribution in [3.8, 4) is 11.4 Å². The van der Waals surface area contributed by atoms with Crippen LogP contribution in [0.15, 0.2) is 27.6 Å². The lowest BCUT2D eigenvalue weighted by Crippen LogP contribution is -2.35. The average molecular weight is 299 g/mol. The Balaban J connectivity index is 2.12. The number of nitrogens with one attached hydrogen (secondary N) is 2. The molecule has 0 fully saturated rings. The Kier molecular flexibility index (Phi) is 3.97. The molecule has 2 rings (SSSR count). The van der Waals surface area contributed by atoms with Crippen molar-refractivity contribution < 1.29 is 12.9 Å². The van der Waals surface area contributed by atoms with Gasteiger partial charge in [0.1, 0.15) is 0 Å². The summed E-state index contributed by atoms with van der Waals surface area (Å²) in [6.45, 7) is -0.128. The normalized spacial score (nSPS) is 11.9. The summed E-state index contributed by atoms with van der Waals surface area (Å²) in [5.74, 6) is 0.320. The van der Waals surface area contributed by atoms with E-state index in [1.807, 2.05) is 0 Å². The predicted molar refractivity (Wildman–Crippen MR) is 69.8 cm³/mol. The van der Waals surface area contributed by atoms with Gasteiger partial charge in [0.2, 0.25) is 17.3 Å². The van der Waals surface area contributed by atoms with Gasteiger partial charge in [-0.15, -0.1) is 0 Å². The first kappa shape index (κ1) is 14.4. The van der Waals surface area contributed by atoms with Gasteiger partial charge in [0, 0.05) is 31.9 Å². The molecule has 0 aliphatic heterocycles. The highest BCUT2D eigenvalue weighted by Gasteiger charge is 2.15. The van der Waals surface area contributed by atoms with Crippen molar-refractivity contribution in [3.63, 3.8) is 0 Å². The van der Waals surface area contributed by atoms with E-state index in [-0.39, 0.29) is 23.8 Å². The highest BCUT2D eigenvalue weighted by Crippen LogP contribution is 2.12. The molecule has 10 heteroatoms. The second kappa shape index (κ2) is 5.53. The first-order chi connectivity index (χ1) is 9.38. The van der Waals surface area contributed by atoms with Gasteiger partial charge in [0.15, 0.2) is 0 Å². The zero-order chi connectivity index (χ0) is 14.8. The number of pyridine rings is 1. The second-order valence-electron chi connectivity index (χ2n) is 4.06. The van der Waals surface area contributed by atoms with Gasteiger partial charge in [-0.2, -0.15) is 22.4 Å². The molecule has 0 aromatic carbocycles. The van der Waals surface area contributed by atoms with Gasteiger partial charge in [-0.05, 0) is 6.07 Å². The van der Waals surface area contributed by atoms with E-state index in [4.69, 9.17) is 4.52 Å². The lowest BCUT2D eigenvalue weighted by atomic mass is 10.2. The van der Waals surface area contributed by atoms with Crippen LogP contribution in [0.3, 0.4) is 0 Å². The highest BCUT2D eigenvalue weighted by atomic mass is 32.2. The van der Waals surface area contributed by atoms with Crippen LogP contribution in [0, 0.1) is 0 Å². The van der Waals surface area contributed by atoms with Gasteiger partial charge in [0.25, 0.3) is 10.2 Å². The summed E-state index contributed by atoms with van der Waals surface area (Å²) in [5.41, 5.74) is 0.196. The third-order valence-electron chi connectivity index (χ3n) is 2.39. The minimum absolute atomic E-state index is 0.103. The van der Waals surface area contributed by atoms with Crippen LogP contribution in [0.5, 0.6) is 0 Å². The van der Waals surface area contributed by atoms with Crippen LogP contribution in [-0.2, 0) is 16.8 Å². The van der Waals surface area contributed by atoms with Crippen molar-refractivity contribution in [1.29, 1.82) is 0 Å². The first-order valence-electron chi connectivity index (χ1n) is 5.57. The summed E-state index contributed by atoms with van der Waals surface area (Å²) in [6.07, 6.45) is 1.46. The number of aromatic amines is 1. The van der Waals surface area contributed by atoms with Gasteiger partial charge >= 0.3 is 0 Å². The minimum atomic E-state index is -3.56. The summed E-state index contributed by atoms with van der Waals surface area (Å²) in [7, 11) is -0.757. The van der Waals surface area contributed by atoms with Crippen molar-refractivity contribution in [2.45, 2.75) is 6.54 Å². The SMILES string of the molecule is CN(C)S(=O)(=O)NCc1nc(-c2cc[nH]c(=O)c2)no1. The molecule has 0 radical (unpaired) electrons. The Morgan fingerprint density at radius 2 is 2.20 bits per heavy atom. The van der Waals surface area contributed by atoms with E-state index in [2.05, 4.69) is 19.8 Å². The number of hydrogen-bond donors (Lipinski definition) is 2. The zero-order valence-electron chi connectivity index (χ0n) is 10.8. The summed E-state index contributed by atoms with van der Waals surface area (Å²) in [5, 5.41) is 3.69. The quantitative estimate of drug-likeness (QED) is 0.754. The van der Waals surface area contributed by atoms with Crippen LogP contribution in [0.1, 0.15) is 5.89 Å². The van der Waals surface area contributed by atoms with E-state index < -0.39 is 10.2 Å². The van der Waals surface area contributed by atoms with Crippen LogP contribution >= 0.6 is 0 Å². The van der Waals surface area contributed by atoms with Gasteiger partial charge in [-0.25, -0.2) is 0 Å². The molecular weight excluding hydrogens is 286 g/mol. The maximum absolute atomic E-state index is 11.5. The summed E-state index contributed by atoms with van der Waals surface area (Å²) in [4.78, 5) is 17.6. The predicted octanol–water partition coefficient (Wildman–Crippen LogP) is -0.679. The van der Waals surface area contributed by atoms with Crippen LogP contribution in [0.4, 0.5) is 0 Å². The lowest BCUT2D eigenvalue weighted by molar-refractivity contribution is 0.374. The van der Waals surface area contributed by atoms with Gasteiger partial charge in [-0.1, -0.05) is 5.16 Å². The fourth-order valence-corrected chi connectivity index (χ4v) is 1.87. The smallest absolute Gasteiger partial charge is 0.279 e. The molecule has 2 aromatic rings. The van der Waals surface area contributed by atoms with Crippen LogP contribution in [0.2, 0.25) is 0 Å². The largest absolute Gasteiger partial charge is 0.338 e. The molecule has 0 bridgehead atoms. The van der Waals surface area contributed by atoms with Crippen molar-refractivity contribution in [1.82, 2.24) is 24.2 Å². The molecule has 2 heterocycles. The van der Waals surface area contributed by atoms with E-state index in [1.165, 1.54) is 26.4 Å².